The van der Waals surface area contributed by atoms with Crippen molar-refractivity contribution in [3.05, 3.63) is 85.1 Å². The molecule has 0 bridgehead atoms. The van der Waals surface area contributed by atoms with E-state index in [9.17, 15) is 14.4 Å². The van der Waals surface area contributed by atoms with Crippen LogP contribution < -0.4 is 0 Å². The molecule has 0 aromatic carbocycles. The third-order valence-electron chi connectivity index (χ3n) is 11.9. The zero-order valence-electron chi connectivity index (χ0n) is 43.9. The Labute approximate surface area is 414 Å². The van der Waals surface area contributed by atoms with E-state index < -0.39 is 6.10 Å². The summed E-state index contributed by atoms with van der Waals surface area (Å²) in [6.07, 6.45) is 71.5. The first-order valence-corrected chi connectivity index (χ1v) is 28.1. The highest BCUT2D eigenvalue weighted by Gasteiger charge is 2.19. The molecule has 0 unspecified atom stereocenters. The number of unbranched alkanes of at least 4 members (excludes halogenated alkanes) is 25. The van der Waals surface area contributed by atoms with Gasteiger partial charge in [-0.3, -0.25) is 14.4 Å². The minimum absolute atomic E-state index is 0.108. The lowest BCUT2D eigenvalue weighted by Gasteiger charge is -2.18. The van der Waals surface area contributed by atoms with Crippen LogP contribution in [0.25, 0.3) is 0 Å². The van der Waals surface area contributed by atoms with Crippen LogP contribution in [0.4, 0.5) is 0 Å². The molecule has 6 heteroatoms. The summed E-state index contributed by atoms with van der Waals surface area (Å²) in [7, 11) is 0. The predicted molar refractivity (Wildman–Crippen MR) is 288 cm³/mol. The van der Waals surface area contributed by atoms with Crippen molar-refractivity contribution in [1.82, 2.24) is 0 Å². The van der Waals surface area contributed by atoms with Crippen LogP contribution in [-0.4, -0.2) is 37.2 Å². The van der Waals surface area contributed by atoms with Gasteiger partial charge in [0.15, 0.2) is 6.10 Å². The Morgan fingerprint density at radius 2 is 0.597 bits per heavy atom. The van der Waals surface area contributed by atoms with Gasteiger partial charge in [-0.2, -0.15) is 0 Å². The second-order valence-electron chi connectivity index (χ2n) is 18.5. The van der Waals surface area contributed by atoms with Gasteiger partial charge in [0.2, 0.25) is 0 Å². The Kier molecular flexibility index (Phi) is 52.4. The summed E-state index contributed by atoms with van der Waals surface area (Å²) in [4.78, 5) is 38.1. The maximum atomic E-state index is 12.8. The fraction of sp³-hybridized carbons (Fsp3) is 0.721. The van der Waals surface area contributed by atoms with Crippen LogP contribution in [0.1, 0.15) is 265 Å². The highest BCUT2D eigenvalue weighted by Crippen LogP contribution is 2.15. The van der Waals surface area contributed by atoms with Crippen molar-refractivity contribution in [3.8, 4) is 0 Å². The second-order valence-corrected chi connectivity index (χ2v) is 18.5. The third-order valence-corrected chi connectivity index (χ3v) is 11.9. The molecule has 0 aliphatic rings. The standard InChI is InChI=1S/C61H104O6/c1-4-7-10-13-16-19-22-25-28-30-33-36-39-42-45-48-51-54-60(63)66-57-58(56-65-59(62)53-50-47-44-41-38-35-32-27-24-21-18-15-12-9-6-3)67-61(64)55-52-49-46-43-40-37-34-31-29-26-23-20-17-14-11-8-5-2/h9,12,18,21,26-27,29,32,34,37-38,41,43,46,58H,4-8,10-11,13-17,19-20,22-25,28,30-31,33,35-36,39-40,42,44-45,47-57H2,1-3H3/b12-9-,21-18-,29-26-,32-27-,37-34-,41-38-,46-43-/t58-/m1/s1. The Balaban J connectivity index is 4.50. The average molecular weight is 933 g/mol. The number of hydrogen-bond donors (Lipinski definition) is 0. The van der Waals surface area contributed by atoms with Gasteiger partial charge in [0.25, 0.3) is 0 Å². The molecular weight excluding hydrogens is 829 g/mol. The van der Waals surface area contributed by atoms with E-state index in [0.29, 0.717) is 19.3 Å². The molecule has 1 atom stereocenters. The highest BCUT2D eigenvalue weighted by molar-refractivity contribution is 5.71. The Bertz CT molecular complexity index is 1300. The van der Waals surface area contributed by atoms with Crippen molar-refractivity contribution in [2.45, 2.75) is 271 Å². The fourth-order valence-corrected chi connectivity index (χ4v) is 7.68. The molecule has 0 saturated heterocycles. The lowest BCUT2D eigenvalue weighted by molar-refractivity contribution is -0.167. The number of allylic oxidation sites excluding steroid dienone is 14. The average Bonchev–Trinajstić information content (AvgIpc) is 3.33. The number of carbonyl (C=O) groups excluding carboxylic acids is 3. The zero-order valence-corrected chi connectivity index (χ0v) is 43.9. The summed E-state index contributed by atoms with van der Waals surface area (Å²) in [6.45, 7) is 6.46. The second kappa shape index (κ2) is 55.2. The van der Waals surface area contributed by atoms with E-state index in [1.807, 2.05) is 0 Å². The quantitative estimate of drug-likeness (QED) is 0.0262. The third kappa shape index (κ3) is 53.4. The van der Waals surface area contributed by atoms with E-state index in [1.165, 1.54) is 135 Å². The van der Waals surface area contributed by atoms with Gasteiger partial charge >= 0.3 is 17.9 Å². The maximum Gasteiger partial charge on any atom is 0.306 e. The normalized spacial score (nSPS) is 12.7. The van der Waals surface area contributed by atoms with Gasteiger partial charge in [0.05, 0.1) is 0 Å². The van der Waals surface area contributed by atoms with Gasteiger partial charge in [-0.15, -0.1) is 0 Å². The van der Waals surface area contributed by atoms with Crippen molar-refractivity contribution >= 4 is 17.9 Å². The lowest BCUT2D eigenvalue weighted by atomic mass is 10.0. The molecule has 0 aliphatic heterocycles. The van der Waals surface area contributed by atoms with Gasteiger partial charge in [-0.1, -0.05) is 241 Å². The first kappa shape index (κ1) is 63.6. The molecule has 0 saturated carbocycles. The Morgan fingerprint density at radius 1 is 0.313 bits per heavy atom. The van der Waals surface area contributed by atoms with Crippen LogP contribution in [0, 0.1) is 0 Å². The van der Waals surface area contributed by atoms with Gasteiger partial charge < -0.3 is 14.2 Å². The molecule has 0 heterocycles. The summed E-state index contributed by atoms with van der Waals surface area (Å²) in [5.74, 6) is -0.999. The van der Waals surface area contributed by atoms with E-state index in [-0.39, 0.29) is 37.5 Å². The highest BCUT2D eigenvalue weighted by atomic mass is 16.6. The SMILES string of the molecule is CC/C=C\C/C=C\C/C=C\C/C=C\CCCCC(=O)OC[C@H](COC(=O)CCCCCCCCCCCCCCCCCCC)OC(=O)CCC/C=C\C/C=C\C/C=C\CCCCCCCC. The molecule has 0 rings (SSSR count). The summed E-state index contributed by atoms with van der Waals surface area (Å²) >= 11 is 0. The van der Waals surface area contributed by atoms with Crippen LogP contribution in [0.2, 0.25) is 0 Å². The first-order chi connectivity index (χ1) is 33.0. The van der Waals surface area contributed by atoms with Gasteiger partial charge in [-0.05, 0) is 89.9 Å². The molecule has 67 heavy (non-hydrogen) atoms. The molecule has 6 nitrogen and oxygen atoms in total. The van der Waals surface area contributed by atoms with E-state index >= 15 is 0 Å². The zero-order chi connectivity index (χ0) is 48.6. The predicted octanol–water partition coefficient (Wildman–Crippen LogP) is 18.8. The van der Waals surface area contributed by atoms with Gasteiger partial charge in [0.1, 0.15) is 13.2 Å². The molecule has 0 aromatic rings. The molecule has 0 aromatic heterocycles. The Morgan fingerprint density at radius 3 is 0.985 bits per heavy atom. The van der Waals surface area contributed by atoms with Crippen LogP contribution >= 0.6 is 0 Å². The fourth-order valence-electron chi connectivity index (χ4n) is 7.68. The molecule has 0 fully saturated rings. The van der Waals surface area contributed by atoms with Crippen molar-refractivity contribution < 1.29 is 28.6 Å². The number of hydrogen-bond acceptors (Lipinski definition) is 6. The van der Waals surface area contributed by atoms with E-state index in [1.54, 1.807) is 0 Å². The number of carbonyl (C=O) groups is 3. The van der Waals surface area contributed by atoms with Crippen molar-refractivity contribution in [2.75, 3.05) is 13.2 Å². The largest absolute Gasteiger partial charge is 0.462 e. The minimum Gasteiger partial charge on any atom is -0.462 e. The van der Waals surface area contributed by atoms with Crippen LogP contribution in [0.3, 0.4) is 0 Å². The van der Waals surface area contributed by atoms with Crippen LogP contribution in [-0.2, 0) is 28.6 Å². The van der Waals surface area contributed by atoms with E-state index in [4.69, 9.17) is 14.2 Å². The van der Waals surface area contributed by atoms with Gasteiger partial charge in [0, 0.05) is 19.3 Å². The van der Waals surface area contributed by atoms with E-state index in [2.05, 4.69) is 106 Å². The molecule has 0 aliphatic carbocycles. The molecule has 384 valence electrons. The summed E-state index contributed by atoms with van der Waals surface area (Å²) < 4.78 is 16.8. The molecule has 0 radical (unpaired) electrons. The molecular formula is C61H104O6. The number of rotatable bonds is 50. The van der Waals surface area contributed by atoms with Crippen molar-refractivity contribution in [2.24, 2.45) is 0 Å². The summed E-state index contributed by atoms with van der Waals surface area (Å²) in [5.41, 5.74) is 0. The number of esters is 3. The molecule has 0 N–H and O–H groups in total. The van der Waals surface area contributed by atoms with E-state index in [0.717, 1.165) is 83.5 Å². The van der Waals surface area contributed by atoms with Gasteiger partial charge in [-0.25, -0.2) is 0 Å². The van der Waals surface area contributed by atoms with Crippen LogP contribution in [0.5, 0.6) is 0 Å². The topological polar surface area (TPSA) is 78.9 Å². The molecule has 0 spiro atoms. The summed E-state index contributed by atoms with van der Waals surface area (Å²) in [6, 6.07) is 0. The minimum atomic E-state index is -0.819. The monoisotopic (exact) mass is 933 g/mol. The van der Waals surface area contributed by atoms with Crippen molar-refractivity contribution in [3.63, 3.8) is 0 Å². The smallest absolute Gasteiger partial charge is 0.306 e. The molecule has 0 amide bonds. The maximum absolute atomic E-state index is 12.8. The van der Waals surface area contributed by atoms with Crippen molar-refractivity contribution in [1.29, 1.82) is 0 Å². The van der Waals surface area contributed by atoms with Crippen LogP contribution in [0.15, 0.2) is 85.1 Å². The number of ether oxygens (including phenoxy) is 3. The lowest BCUT2D eigenvalue weighted by Crippen LogP contribution is -2.30. The first-order valence-electron chi connectivity index (χ1n) is 28.1. The summed E-state index contributed by atoms with van der Waals surface area (Å²) in [5, 5.41) is 0. The Hall–Kier alpha value is -3.41.